The Morgan fingerprint density at radius 3 is 2.58 bits per heavy atom. The van der Waals surface area contributed by atoms with Crippen LogP contribution in [0, 0.1) is 11.2 Å². The molecule has 0 bridgehead atoms. The fourth-order valence-corrected chi connectivity index (χ4v) is 2.11. The molecular weight excluding hydrogens is 450 g/mol. The Hall–Kier alpha value is -1.58. The van der Waals surface area contributed by atoms with E-state index in [1.807, 2.05) is 32.7 Å². The van der Waals surface area contributed by atoms with E-state index in [0.717, 1.165) is 0 Å². The number of hydrogen-bond donors (Lipinski definition) is 2. The average Bonchev–Trinajstić information content (AvgIpc) is 2.59. The van der Waals surface area contributed by atoms with Crippen LogP contribution < -0.4 is 15.4 Å². The van der Waals surface area contributed by atoms with Crippen LogP contribution in [0.15, 0.2) is 29.3 Å². The molecular formula is C18H30FIN4O2. The van der Waals surface area contributed by atoms with Crippen molar-refractivity contribution in [1.82, 2.24) is 15.5 Å². The molecule has 0 saturated heterocycles. The Morgan fingerprint density at radius 2 is 2.00 bits per heavy atom. The van der Waals surface area contributed by atoms with Gasteiger partial charge in [-0.1, -0.05) is 12.1 Å². The standard InChI is InChI=1S/C18H29FN4O2.HI/c1-6-21-17(22-13-18(2,3)16(24)20-4)23(5)11-12-25-15-10-8-7-9-14(15)19;/h7-10H,6,11-13H2,1-5H3,(H,20,24)(H,21,22);1H. The zero-order valence-electron chi connectivity index (χ0n) is 16.1. The van der Waals surface area contributed by atoms with E-state index in [1.54, 1.807) is 25.2 Å². The molecule has 26 heavy (non-hydrogen) atoms. The summed E-state index contributed by atoms with van der Waals surface area (Å²) < 4.78 is 19.0. The number of halogens is 2. The SMILES string of the molecule is CCNC(=NCC(C)(C)C(=O)NC)N(C)CCOc1ccccc1F.I. The first-order chi connectivity index (χ1) is 11.8. The zero-order valence-corrected chi connectivity index (χ0v) is 18.5. The lowest BCUT2D eigenvalue weighted by molar-refractivity contribution is -0.128. The van der Waals surface area contributed by atoms with Gasteiger partial charge in [-0.15, -0.1) is 24.0 Å². The van der Waals surface area contributed by atoms with E-state index >= 15 is 0 Å². The number of aliphatic imine (C=N–C) groups is 1. The Labute approximate surface area is 172 Å². The molecule has 0 aliphatic heterocycles. The van der Waals surface area contributed by atoms with Gasteiger partial charge in [-0.25, -0.2) is 4.39 Å². The molecule has 0 fully saturated rings. The topological polar surface area (TPSA) is 66.0 Å². The molecule has 0 heterocycles. The fourth-order valence-electron chi connectivity index (χ4n) is 2.11. The molecule has 0 aromatic heterocycles. The van der Waals surface area contributed by atoms with E-state index in [9.17, 15) is 9.18 Å². The zero-order chi connectivity index (χ0) is 18.9. The third-order valence-corrected chi connectivity index (χ3v) is 3.68. The molecule has 0 aliphatic carbocycles. The summed E-state index contributed by atoms with van der Waals surface area (Å²) in [7, 11) is 3.49. The van der Waals surface area contributed by atoms with E-state index in [-0.39, 0.29) is 41.5 Å². The summed E-state index contributed by atoms with van der Waals surface area (Å²) in [5.74, 6) is 0.478. The first-order valence-electron chi connectivity index (χ1n) is 8.40. The maximum absolute atomic E-state index is 13.5. The number of nitrogens with zero attached hydrogens (tertiary/aromatic N) is 2. The van der Waals surface area contributed by atoms with Gasteiger partial charge < -0.3 is 20.3 Å². The highest BCUT2D eigenvalue weighted by molar-refractivity contribution is 14.0. The van der Waals surface area contributed by atoms with Crippen LogP contribution in [0.3, 0.4) is 0 Å². The first-order valence-corrected chi connectivity index (χ1v) is 8.40. The molecule has 2 N–H and O–H groups in total. The average molecular weight is 480 g/mol. The predicted octanol–water partition coefficient (Wildman–Crippen LogP) is 2.49. The van der Waals surface area contributed by atoms with Gasteiger partial charge in [0.25, 0.3) is 0 Å². The minimum atomic E-state index is -0.597. The van der Waals surface area contributed by atoms with Gasteiger partial charge in [0.2, 0.25) is 5.91 Å². The number of amides is 1. The molecule has 6 nitrogen and oxygen atoms in total. The van der Waals surface area contributed by atoms with Gasteiger partial charge in [0, 0.05) is 20.6 Å². The fraction of sp³-hybridized carbons (Fsp3) is 0.556. The number of nitrogens with one attached hydrogen (secondary N) is 2. The minimum absolute atomic E-state index is 0. The summed E-state index contributed by atoms with van der Waals surface area (Å²) in [6, 6.07) is 6.32. The highest BCUT2D eigenvalue weighted by Crippen LogP contribution is 2.16. The number of hydrogen-bond acceptors (Lipinski definition) is 3. The number of carbonyl (C=O) groups is 1. The molecule has 0 saturated carbocycles. The molecule has 1 aromatic carbocycles. The third-order valence-electron chi connectivity index (χ3n) is 3.68. The molecule has 1 aromatic rings. The molecule has 0 aliphatic rings. The van der Waals surface area contributed by atoms with Gasteiger partial charge in [0.1, 0.15) is 6.61 Å². The Balaban J connectivity index is 0.00000625. The lowest BCUT2D eigenvalue weighted by atomic mass is 9.93. The highest BCUT2D eigenvalue weighted by atomic mass is 127. The van der Waals surface area contributed by atoms with E-state index < -0.39 is 5.41 Å². The molecule has 0 unspecified atom stereocenters. The van der Waals surface area contributed by atoms with Crippen LogP contribution >= 0.6 is 24.0 Å². The van der Waals surface area contributed by atoms with Crippen LogP contribution in [0.4, 0.5) is 4.39 Å². The molecule has 1 rings (SSSR count). The minimum Gasteiger partial charge on any atom is -0.489 e. The van der Waals surface area contributed by atoms with Crippen molar-refractivity contribution in [2.24, 2.45) is 10.4 Å². The van der Waals surface area contributed by atoms with Gasteiger partial charge in [0.15, 0.2) is 17.5 Å². The number of likely N-dealkylation sites (N-methyl/N-ethyl adjacent to an activating group) is 1. The predicted molar refractivity (Wildman–Crippen MR) is 114 cm³/mol. The molecule has 8 heteroatoms. The molecule has 0 spiro atoms. The van der Waals surface area contributed by atoms with E-state index in [1.165, 1.54) is 6.07 Å². The summed E-state index contributed by atoms with van der Waals surface area (Å²) in [6.45, 7) is 7.58. The molecule has 148 valence electrons. The van der Waals surface area contributed by atoms with Crippen molar-refractivity contribution in [3.63, 3.8) is 0 Å². The Kier molecular flexibility index (Phi) is 11.2. The second kappa shape index (κ2) is 11.9. The summed E-state index contributed by atoms with van der Waals surface area (Å²) in [6.07, 6.45) is 0. The van der Waals surface area contributed by atoms with E-state index in [0.29, 0.717) is 32.2 Å². The second-order valence-corrected chi connectivity index (χ2v) is 6.33. The summed E-state index contributed by atoms with van der Waals surface area (Å²) in [4.78, 5) is 18.3. The number of carbonyl (C=O) groups excluding carboxylic acids is 1. The number of rotatable bonds is 8. The number of ether oxygens (including phenoxy) is 1. The first kappa shape index (κ1) is 24.4. The monoisotopic (exact) mass is 480 g/mol. The van der Waals surface area contributed by atoms with Crippen molar-refractivity contribution in [3.8, 4) is 5.75 Å². The normalized spacial score (nSPS) is 11.4. The van der Waals surface area contributed by atoms with Crippen molar-refractivity contribution < 1.29 is 13.9 Å². The quantitative estimate of drug-likeness (QED) is 0.341. The van der Waals surface area contributed by atoms with Crippen molar-refractivity contribution >= 4 is 35.8 Å². The van der Waals surface area contributed by atoms with E-state index in [4.69, 9.17) is 4.74 Å². The lowest BCUT2D eigenvalue weighted by Crippen LogP contribution is -2.43. The largest absolute Gasteiger partial charge is 0.489 e. The van der Waals surface area contributed by atoms with Crippen LogP contribution in [0.1, 0.15) is 20.8 Å². The van der Waals surface area contributed by atoms with Crippen LogP contribution in [0.25, 0.3) is 0 Å². The Morgan fingerprint density at radius 1 is 1.35 bits per heavy atom. The van der Waals surface area contributed by atoms with Gasteiger partial charge in [-0.05, 0) is 32.9 Å². The van der Waals surface area contributed by atoms with Gasteiger partial charge in [0.05, 0.1) is 18.5 Å². The maximum Gasteiger partial charge on any atom is 0.227 e. The third kappa shape index (κ3) is 7.76. The second-order valence-electron chi connectivity index (χ2n) is 6.33. The lowest BCUT2D eigenvalue weighted by Gasteiger charge is -2.25. The molecule has 1 amide bonds. The van der Waals surface area contributed by atoms with Crippen LogP contribution in [0.2, 0.25) is 0 Å². The van der Waals surface area contributed by atoms with E-state index in [2.05, 4.69) is 15.6 Å². The van der Waals surface area contributed by atoms with Crippen LogP contribution in [0.5, 0.6) is 5.75 Å². The summed E-state index contributed by atoms with van der Waals surface area (Å²) in [5, 5.41) is 5.84. The highest BCUT2D eigenvalue weighted by Gasteiger charge is 2.26. The number of benzene rings is 1. The van der Waals surface area contributed by atoms with Crippen molar-refractivity contribution in [2.45, 2.75) is 20.8 Å². The number of guanidine groups is 1. The number of para-hydroxylation sites is 1. The molecule has 0 radical (unpaired) electrons. The molecule has 0 atom stereocenters. The van der Waals surface area contributed by atoms with Gasteiger partial charge in [-0.3, -0.25) is 9.79 Å². The van der Waals surface area contributed by atoms with Crippen molar-refractivity contribution in [1.29, 1.82) is 0 Å². The van der Waals surface area contributed by atoms with Gasteiger partial charge in [-0.2, -0.15) is 0 Å². The summed E-state index contributed by atoms with van der Waals surface area (Å²) in [5.41, 5.74) is -0.597. The van der Waals surface area contributed by atoms with Crippen LogP contribution in [-0.2, 0) is 4.79 Å². The van der Waals surface area contributed by atoms with Crippen LogP contribution in [-0.4, -0.2) is 57.1 Å². The van der Waals surface area contributed by atoms with Crippen molar-refractivity contribution in [3.05, 3.63) is 30.1 Å². The Bertz CT molecular complexity index is 596. The smallest absolute Gasteiger partial charge is 0.227 e. The maximum atomic E-state index is 13.5. The van der Waals surface area contributed by atoms with Crippen molar-refractivity contribution in [2.75, 3.05) is 40.3 Å². The summed E-state index contributed by atoms with van der Waals surface area (Å²) >= 11 is 0. The van der Waals surface area contributed by atoms with Gasteiger partial charge >= 0.3 is 0 Å².